The Hall–Kier alpha value is -1.75. The molecule has 1 aromatic carbocycles. The Morgan fingerprint density at radius 3 is 2.55 bits per heavy atom. The Kier molecular flexibility index (Phi) is 4.25. The molecule has 2 atom stereocenters. The van der Waals surface area contributed by atoms with Crippen LogP contribution in [0.3, 0.4) is 0 Å². The van der Waals surface area contributed by atoms with E-state index in [1.54, 1.807) is 21.1 Å². The highest BCUT2D eigenvalue weighted by molar-refractivity contribution is 5.73. The van der Waals surface area contributed by atoms with Crippen LogP contribution in [-0.4, -0.2) is 43.7 Å². The van der Waals surface area contributed by atoms with Crippen LogP contribution >= 0.6 is 0 Å². The summed E-state index contributed by atoms with van der Waals surface area (Å²) in [5.41, 5.74) is 2.66. The standard InChI is InChI=1S/C17H24N2O3/c1-11(20)18-14-4-5-19-10-13-8-17(22-3)16(21-2)7-12(13)6-15(19)9-14/h7-8,14-15H,4-6,9-10H2,1-3H3,(H,18,20)/t14-,15+/m0/s1. The van der Waals surface area contributed by atoms with Gasteiger partial charge in [0.2, 0.25) is 5.91 Å². The lowest BCUT2D eigenvalue weighted by Gasteiger charge is -2.43. The van der Waals surface area contributed by atoms with Crippen molar-refractivity contribution < 1.29 is 14.3 Å². The van der Waals surface area contributed by atoms with Crippen LogP contribution in [0.2, 0.25) is 0 Å². The van der Waals surface area contributed by atoms with Gasteiger partial charge in [-0.25, -0.2) is 0 Å². The monoisotopic (exact) mass is 304 g/mol. The molecule has 22 heavy (non-hydrogen) atoms. The van der Waals surface area contributed by atoms with Crippen molar-refractivity contribution in [2.24, 2.45) is 0 Å². The molecule has 1 N–H and O–H groups in total. The Balaban J connectivity index is 1.80. The zero-order valence-corrected chi connectivity index (χ0v) is 13.5. The SMILES string of the molecule is COc1cc2c(cc1OC)CN1CC[C@H](NC(C)=O)C[C@H]1C2. The number of methoxy groups -OCH3 is 2. The largest absolute Gasteiger partial charge is 0.493 e. The number of hydrogen-bond acceptors (Lipinski definition) is 4. The van der Waals surface area contributed by atoms with E-state index in [4.69, 9.17) is 9.47 Å². The van der Waals surface area contributed by atoms with Crippen LogP contribution in [0.15, 0.2) is 12.1 Å². The predicted octanol–water partition coefficient (Wildman–Crippen LogP) is 1.73. The van der Waals surface area contributed by atoms with Gasteiger partial charge in [-0.1, -0.05) is 0 Å². The van der Waals surface area contributed by atoms with Gasteiger partial charge in [-0.2, -0.15) is 0 Å². The number of piperidine rings is 1. The second-order valence-electron chi connectivity index (χ2n) is 6.23. The van der Waals surface area contributed by atoms with Crippen LogP contribution in [0, 0.1) is 0 Å². The number of benzene rings is 1. The van der Waals surface area contributed by atoms with Crippen LogP contribution in [-0.2, 0) is 17.8 Å². The molecule has 2 aliphatic heterocycles. The minimum absolute atomic E-state index is 0.0704. The molecule has 0 aliphatic carbocycles. The Morgan fingerprint density at radius 2 is 1.91 bits per heavy atom. The first kappa shape index (κ1) is 15.2. The lowest BCUT2D eigenvalue weighted by Crippen LogP contribution is -2.51. The molecule has 1 fully saturated rings. The third-order valence-corrected chi connectivity index (χ3v) is 4.78. The van der Waals surface area contributed by atoms with E-state index in [0.29, 0.717) is 12.1 Å². The average molecular weight is 304 g/mol. The summed E-state index contributed by atoms with van der Waals surface area (Å²) in [5, 5.41) is 3.07. The van der Waals surface area contributed by atoms with Crippen molar-refractivity contribution in [2.45, 2.75) is 44.8 Å². The minimum atomic E-state index is 0.0704. The summed E-state index contributed by atoms with van der Waals surface area (Å²) < 4.78 is 10.8. The summed E-state index contributed by atoms with van der Waals surface area (Å²) in [5.74, 6) is 1.66. The van der Waals surface area contributed by atoms with E-state index >= 15 is 0 Å². The molecule has 0 unspecified atom stereocenters. The molecule has 1 aromatic rings. The van der Waals surface area contributed by atoms with Gasteiger partial charge in [-0.3, -0.25) is 9.69 Å². The topological polar surface area (TPSA) is 50.8 Å². The number of carbonyl (C=O) groups excluding carboxylic acids is 1. The van der Waals surface area contributed by atoms with Crippen LogP contribution in [0.1, 0.15) is 30.9 Å². The highest BCUT2D eigenvalue weighted by Gasteiger charge is 2.33. The molecule has 1 saturated heterocycles. The first-order valence-corrected chi connectivity index (χ1v) is 7.85. The second kappa shape index (κ2) is 6.16. The van der Waals surface area contributed by atoms with Crippen molar-refractivity contribution in [1.29, 1.82) is 0 Å². The minimum Gasteiger partial charge on any atom is -0.493 e. The van der Waals surface area contributed by atoms with Gasteiger partial charge in [-0.15, -0.1) is 0 Å². The molecule has 0 aromatic heterocycles. The summed E-state index contributed by atoms with van der Waals surface area (Å²) in [7, 11) is 3.35. The molecule has 3 rings (SSSR count). The van der Waals surface area contributed by atoms with Gasteiger partial charge in [0.15, 0.2) is 11.5 Å². The van der Waals surface area contributed by atoms with Gasteiger partial charge < -0.3 is 14.8 Å². The number of nitrogens with one attached hydrogen (secondary N) is 1. The molecule has 0 saturated carbocycles. The van der Waals surface area contributed by atoms with E-state index < -0.39 is 0 Å². The van der Waals surface area contributed by atoms with E-state index in [1.807, 2.05) is 0 Å². The molecule has 5 nitrogen and oxygen atoms in total. The molecule has 2 aliphatic rings. The number of fused-ring (bicyclic) bond motifs is 2. The maximum Gasteiger partial charge on any atom is 0.217 e. The number of amides is 1. The fourth-order valence-electron chi connectivity index (χ4n) is 3.71. The smallest absolute Gasteiger partial charge is 0.217 e. The first-order chi connectivity index (χ1) is 10.6. The maximum absolute atomic E-state index is 11.3. The van der Waals surface area contributed by atoms with Gasteiger partial charge in [0, 0.05) is 32.1 Å². The van der Waals surface area contributed by atoms with Gasteiger partial charge in [0.1, 0.15) is 0 Å². The van der Waals surface area contributed by atoms with Crippen LogP contribution in [0.5, 0.6) is 11.5 Å². The van der Waals surface area contributed by atoms with E-state index in [9.17, 15) is 4.79 Å². The van der Waals surface area contributed by atoms with Crippen LogP contribution in [0.25, 0.3) is 0 Å². The summed E-state index contributed by atoms with van der Waals surface area (Å²) >= 11 is 0. The summed E-state index contributed by atoms with van der Waals surface area (Å²) in [6.45, 7) is 3.58. The zero-order valence-electron chi connectivity index (χ0n) is 13.5. The zero-order chi connectivity index (χ0) is 15.7. The normalized spacial score (nSPS) is 24.1. The van der Waals surface area contributed by atoms with Crippen molar-refractivity contribution >= 4 is 5.91 Å². The van der Waals surface area contributed by atoms with Gasteiger partial charge in [-0.05, 0) is 42.5 Å². The Bertz CT molecular complexity index is 573. The number of nitrogens with zero attached hydrogens (tertiary/aromatic N) is 1. The Morgan fingerprint density at radius 1 is 1.23 bits per heavy atom. The van der Waals surface area contributed by atoms with Gasteiger partial charge >= 0.3 is 0 Å². The van der Waals surface area contributed by atoms with Gasteiger partial charge in [0.05, 0.1) is 14.2 Å². The summed E-state index contributed by atoms with van der Waals surface area (Å²) in [6.07, 6.45) is 3.05. The number of ether oxygens (including phenoxy) is 2. The summed E-state index contributed by atoms with van der Waals surface area (Å²) in [6, 6.07) is 5.01. The molecular formula is C17H24N2O3. The molecule has 0 bridgehead atoms. The molecule has 5 heteroatoms. The third kappa shape index (κ3) is 2.90. The molecular weight excluding hydrogens is 280 g/mol. The summed E-state index contributed by atoms with van der Waals surface area (Å²) in [4.78, 5) is 13.8. The lowest BCUT2D eigenvalue weighted by molar-refractivity contribution is -0.120. The lowest BCUT2D eigenvalue weighted by atomic mass is 9.86. The fraction of sp³-hybridized carbons (Fsp3) is 0.588. The molecule has 1 amide bonds. The Labute approximate surface area is 131 Å². The maximum atomic E-state index is 11.3. The van der Waals surface area contributed by atoms with Crippen molar-refractivity contribution in [3.05, 3.63) is 23.3 Å². The number of carbonyl (C=O) groups is 1. The van der Waals surface area contributed by atoms with E-state index in [2.05, 4.69) is 22.3 Å². The van der Waals surface area contributed by atoms with Crippen LogP contribution < -0.4 is 14.8 Å². The number of rotatable bonds is 3. The predicted molar refractivity (Wildman–Crippen MR) is 84.3 cm³/mol. The molecule has 2 heterocycles. The van der Waals surface area contributed by atoms with Crippen molar-refractivity contribution in [3.8, 4) is 11.5 Å². The molecule has 0 spiro atoms. The highest BCUT2D eigenvalue weighted by atomic mass is 16.5. The van der Waals surface area contributed by atoms with Crippen molar-refractivity contribution in [3.63, 3.8) is 0 Å². The first-order valence-electron chi connectivity index (χ1n) is 7.85. The van der Waals surface area contributed by atoms with E-state index in [1.165, 1.54) is 11.1 Å². The molecule has 120 valence electrons. The number of hydrogen-bond donors (Lipinski definition) is 1. The fourth-order valence-corrected chi connectivity index (χ4v) is 3.71. The highest BCUT2D eigenvalue weighted by Crippen LogP contribution is 2.36. The van der Waals surface area contributed by atoms with Crippen LogP contribution in [0.4, 0.5) is 0 Å². The van der Waals surface area contributed by atoms with E-state index in [0.717, 1.165) is 43.9 Å². The molecule has 0 radical (unpaired) electrons. The quantitative estimate of drug-likeness (QED) is 0.924. The van der Waals surface area contributed by atoms with Crippen molar-refractivity contribution in [1.82, 2.24) is 10.2 Å². The van der Waals surface area contributed by atoms with E-state index in [-0.39, 0.29) is 5.91 Å². The van der Waals surface area contributed by atoms with Gasteiger partial charge in [0.25, 0.3) is 0 Å². The third-order valence-electron chi connectivity index (χ3n) is 4.78. The van der Waals surface area contributed by atoms with Crippen molar-refractivity contribution in [2.75, 3.05) is 20.8 Å². The second-order valence-corrected chi connectivity index (χ2v) is 6.23. The average Bonchev–Trinajstić information content (AvgIpc) is 2.51.